The highest BCUT2D eigenvalue weighted by molar-refractivity contribution is 5.83. The van der Waals surface area contributed by atoms with E-state index < -0.39 is 6.09 Å². The Bertz CT molecular complexity index is 783. The zero-order chi connectivity index (χ0) is 16.1. The van der Waals surface area contributed by atoms with Gasteiger partial charge in [0.2, 0.25) is 0 Å². The second-order valence-corrected chi connectivity index (χ2v) is 5.29. The minimum Gasteiger partial charge on any atom is -0.444 e. The van der Waals surface area contributed by atoms with Gasteiger partial charge in [0.05, 0.1) is 0 Å². The van der Waals surface area contributed by atoms with Crippen LogP contribution >= 0.6 is 0 Å². The van der Waals surface area contributed by atoms with Crippen LogP contribution in [-0.4, -0.2) is 23.1 Å². The molecule has 1 heterocycles. The quantitative estimate of drug-likeness (QED) is 0.710. The van der Waals surface area contributed by atoms with Gasteiger partial charge in [-0.3, -0.25) is 0 Å². The molecule has 3 rings (SSSR count). The fourth-order valence-corrected chi connectivity index (χ4v) is 2.36. The van der Waals surface area contributed by atoms with Crippen molar-refractivity contribution in [3.8, 4) is 0 Å². The molecule has 2 aromatic carbocycles. The summed E-state index contributed by atoms with van der Waals surface area (Å²) in [4.78, 5) is 15.2. The van der Waals surface area contributed by atoms with Gasteiger partial charge in [-0.15, -0.1) is 0 Å². The van der Waals surface area contributed by atoms with E-state index in [1.165, 1.54) is 5.01 Å². The molecule has 0 aliphatic rings. The minimum absolute atomic E-state index is 0.263. The third-order valence-corrected chi connectivity index (χ3v) is 3.66. The first-order valence-corrected chi connectivity index (χ1v) is 7.47. The summed E-state index contributed by atoms with van der Waals surface area (Å²) in [6.45, 7) is 0.805. The van der Waals surface area contributed by atoms with Crippen LogP contribution < -0.4 is 5.43 Å². The van der Waals surface area contributed by atoms with Crippen LogP contribution in [0.1, 0.15) is 11.1 Å². The summed E-state index contributed by atoms with van der Waals surface area (Å²) in [6.07, 6.45) is 1.54. The largest absolute Gasteiger partial charge is 0.444 e. The van der Waals surface area contributed by atoms with Crippen molar-refractivity contribution in [1.29, 1.82) is 0 Å². The molecule has 0 unspecified atom stereocenters. The molecule has 0 atom stereocenters. The highest BCUT2D eigenvalue weighted by atomic mass is 16.6. The van der Waals surface area contributed by atoms with Crippen molar-refractivity contribution in [2.45, 2.75) is 13.2 Å². The summed E-state index contributed by atoms with van der Waals surface area (Å²) in [5.74, 6) is 0. The summed E-state index contributed by atoms with van der Waals surface area (Å²) >= 11 is 0. The molecule has 0 saturated heterocycles. The van der Waals surface area contributed by atoms with E-state index in [9.17, 15) is 4.79 Å². The van der Waals surface area contributed by atoms with E-state index in [1.54, 1.807) is 7.05 Å². The number of para-hydroxylation sites is 1. The van der Waals surface area contributed by atoms with Gasteiger partial charge in [-0.05, 0) is 17.2 Å². The number of aromatic amines is 1. The number of aromatic nitrogens is 1. The average Bonchev–Trinajstić information content (AvgIpc) is 3.01. The molecule has 0 spiro atoms. The first-order valence-electron chi connectivity index (χ1n) is 7.47. The van der Waals surface area contributed by atoms with Gasteiger partial charge in [-0.25, -0.2) is 15.2 Å². The number of nitrogens with zero attached hydrogens (tertiary/aromatic N) is 1. The Hall–Kier alpha value is -2.79. The van der Waals surface area contributed by atoms with E-state index in [2.05, 4.69) is 16.5 Å². The number of carbonyl (C=O) groups excluding carboxylic acids is 1. The van der Waals surface area contributed by atoms with Crippen LogP contribution in [0.25, 0.3) is 10.9 Å². The SMILES string of the molecule is CN(NCc1c[nH]c2ccccc12)C(=O)OCc1ccccc1. The van der Waals surface area contributed by atoms with Crippen molar-refractivity contribution in [2.75, 3.05) is 7.05 Å². The molecule has 0 radical (unpaired) electrons. The van der Waals surface area contributed by atoms with Gasteiger partial charge in [0.25, 0.3) is 0 Å². The van der Waals surface area contributed by atoms with Gasteiger partial charge in [0.1, 0.15) is 6.61 Å². The summed E-state index contributed by atoms with van der Waals surface area (Å²) < 4.78 is 5.26. The summed E-state index contributed by atoms with van der Waals surface area (Å²) in [5, 5.41) is 2.51. The molecule has 5 nitrogen and oxygen atoms in total. The van der Waals surface area contributed by atoms with Crippen LogP contribution in [0.15, 0.2) is 60.8 Å². The lowest BCUT2D eigenvalue weighted by molar-refractivity contribution is 0.0873. The lowest BCUT2D eigenvalue weighted by Gasteiger charge is -2.18. The zero-order valence-corrected chi connectivity index (χ0v) is 13.0. The highest BCUT2D eigenvalue weighted by Crippen LogP contribution is 2.17. The molecule has 3 aromatic rings. The van der Waals surface area contributed by atoms with E-state index >= 15 is 0 Å². The molecule has 0 saturated carbocycles. The first kappa shape index (κ1) is 15.1. The number of rotatable bonds is 5. The third kappa shape index (κ3) is 3.70. The Balaban J connectivity index is 1.52. The monoisotopic (exact) mass is 309 g/mol. The van der Waals surface area contributed by atoms with Crippen LogP contribution in [0, 0.1) is 0 Å². The van der Waals surface area contributed by atoms with Gasteiger partial charge in [-0.1, -0.05) is 48.5 Å². The van der Waals surface area contributed by atoms with Gasteiger partial charge in [0, 0.05) is 30.7 Å². The number of nitrogens with one attached hydrogen (secondary N) is 2. The van der Waals surface area contributed by atoms with E-state index in [0.29, 0.717) is 6.54 Å². The Morgan fingerprint density at radius 3 is 2.70 bits per heavy atom. The molecule has 0 aliphatic heterocycles. The lowest BCUT2D eigenvalue weighted by Crippen LogP contribution is -2.39. The first-order chi connectivity index (χ1) is 11.2. The number of hydrogen-bond donors (Lipinski definition) is 2. The second kappa shape index (κ2) is 6.98. The van der Waals surface area contributed by atoms with E-state index in [0.717, 1.165) is 22.0 Å². The highest BCUT2D eigenvalue weighted by Gasteiger charge is 2.11. The van der Waals surface area contributed by atoms with Crippen molar-refractivity contribution < 1.29 is 9.53 Å². The van der Waals surface area contributed by atoms with Crippen molar-refractivity contribution in [3.05, 3.63) is 71.9 Å². The van der Waals surface area contributed by atoms with E-state index in [1.807, 2.05) is 54.7 Å². The normalized spacial score (nSPS) is 10.7. The smallest absolute Gasteiger partial charge is 0.424 e. The maximum Gasteiger partial charge on any atom is 0.424 e. The second-order valence-electron chi connectivity index (χ2n) is 5.29. The standard InChI is InChI=1S/C18H19N3O2/c1-21(18(22)23-13-14-7-3-2-4-8-14)20-12-15-11-19-17-10-6-5-9-16(15)17/h2-11,19-20H,12-13H2,1H3. The number of benzene rings is 2. The fourth-order valence-electron chi connectivity index (χ4n) is 2.36. The van der Waals surface area contributed by atoms with Crippen molar-refractivity contribution >= 4 is 17.0 Å². The van der Waals surface area contributed by atoms with Crippen LogP contribution in [-0.2, 0) is 17.9 Å². The van der Waals surface area contributed by atoms with Crippen molar-refractivity contribution in [2.24, 2.45) is 0 Å². The summed E-state index contributed by atoms with van der Waals surface area (Å²) in [6, 6.07) is 17.7. The molecule has 1 amide bonds. The van der Waals surface area contributed by atoms with Gasteiger partial charge in [-0.2, -0.15) is 0 Å². The summed E-state index contributed by atoms with van der Waals surface area (Å²) in [5.41, 5.74) is 6.20. The fraction of sp³-hybridized carbons (Fsp3) is 0.167. The molecular formula is C18H19N3O2. The Kier molecular flexibility index (Phi) is 4.59. The molecule has 2 N–H and O–H groups in total. The molecule has 5 heteroatoms. The molecule has 0 fully saturated rings. The van der Waals surface area contributed by atoms with E-state index in [4.69, 9.17) is 4.74 Å². The number of ether oxygens (including phenoxy) is 1. The molecule has 23 heavy (non-hydrogen) atoms. The number of amides is 1. The van der Waals surface area contributed by atoms with E-state index in [-0.39, 0.29) is 6.61 Å². The van der Waals surface area contributed by atoms with Crippen molar-refractivity contribution in [1.82, 2.24) is 15.4 Å². The van der Waals surface area contributed by atoms with Crippen LogP contribution in [0.5, 0.6) is 0 Å². The predicted molar refractivity (Wildman–Crippen MR) is 89.5 cm³/mol. The minimum atomic E-state index is -0.409. The van der Waals surface area contributed by atoms with Gasteiger partial charge < -0.3 is 9.72 Å². The van der Waals surface area contributed by atoms with Gasteiger partial charge in [0.15, 0.2) is 0 Å². The summed E-state index contributed by atoms with van der Waals surface area (Å²) in [7, 11) is 1.65. The number of hydrazine groups is 1. The Morgan fingerprint density at radius 2 is 1.87 bits per heavy atom. The van der Waals surface area contributed by atoms with Crippen LogP contribution in [0.3, 0.4) is 0 Å². The zero-order valence-electron chi connectivity index (χ0n) is 13.0. The molecular weight excluding hydrogens is 290 g/mol. The Morgan fingerprint density at radius 1 is 1.13 bits per heavy atom. The molecule has 1 aromatic heterocycles. The predicted octanol–water partition coefficient (Wildman–Crippen LogP) is 3.44. The lowest BCUT2D eigenvalue weighted by atomic mass is 10.2. The topological polar surface area (TPSA) is 57.4 Å². The molecule has 0 bridgehead atoms. The molecule has 0 aliphatic carbocycles. The van der Waals surface area contributed by atoms with Crippen LogP contribution in [0.4, 0.5) is 4.79 Å². The number of H-pyrrole nitrogens is 1. The Labute approximate surface area is 134 Å². The average molecular weight is 309 g/mol. The maximum absolute atomic E-state index is 12.0. The number of hydrogen-bond acceptors (Lipinski definition) is 3. The van der Waals surface area contributed by atoms with Crippen molar-refractivity contribution in [3.63, 3.8) is 0 Å². The number of carbonyl (C=O) groups is 1. The molecule has 118 valence electrons. The van der Waals surface area contributed by atoms with Gasteiger partial charge >= 0.3 is 6.09 Å². The third-order valence-electron chi connectivity index (χ3n) is 3.66. The van der Waals surface area contributed by atoms with Crippen LogP contribution in [0.2, 0.25) is 0 Å². The maximum atomic E-state index is 12.0. The number of fused-ring (bicyclic) bond motifs is 1.